The van der Waals surface area contributed by atoms with Gasteiger partial charge in [0, 0.05) is 12.8 Å². The van der Waals surface area contributed by atoms with E-state index in [2.05, 4.69) is 32.6 Å². The molecule has 0 aromatic rings. The van der Waals surface area contributed by atoms with E-state index in [0.717, 1.165) is 19.4 Å². The van der Waals surface area contributed by atoms with Crippen LogP contribution in [0, 0.1) is 17.3 Å². The Morgan fingerprint density at radius 2 is 2.00 bits per heavy atom. The lowest BCUT2D eigenvalue weighted by atomic mass is 9.93. The van der Waals surface area contributed by atoms with Crippen molar-refractivity contribution in [3.05, 3.63) is 0 Å². The molecule has 1 saturated heterocycles. The molecule has 0 saturated carbocycles. The van der Waals surface area contributed by atoms with Gasteiger partial charge in [-0.15, -0.1) is 11.8 Å². The summed E-state index contributed by atoms with van der Waals surface area (Å²) in [7, 11) is 0. The van der Waals surface area contributed by atoms with Crippen LogP contribution in [0.1, 0.15) is 33.6 Å². The van der Waals surface area contributed by atoms with Gasteiger partial charge >= 0.3 is 0 Å². The molecule has 1 rings (SSSR count). The van der Waals surface area contributed by atoms with Crippen LogP contribution >= 0.6 is 0 Å². The quantitative estimate of drug-likeness (QED) is 0.414. The zero-order chi connectivity index (χ0) is 8.32. The molecule has 1 heterocycles. The highest BCUT2D eigenvalue weighted by Gasteiger charge is 2.20. The first-order valence-corrected chi connectivity index (χ1v) is 4.15. The number of ether oxygens (including phenoxy) is 1. The number of epoxide rings is 1. The number of rotatable bonds is 1. The van der Waals surface area contributed by atoms with Crippen molar-refractivity contribution in [2.75, 3.05) is 6.61 Å². The molecule has 62 valence electrons. The molecule has 0 spiro atoms. The fourth-order valence-electron chi connectivity index (χ4n) is 0.700. The highest BCUT2D eigenvalue weighted by Crippen LogP contribution is 2.17. The third-order valence-corrected chi connectivity index (χ3v) is 1.48. The van der Waals surface area contributed by atoms with E-state index in [1.165, 1.54) is 0 Å². The summed E-state index contributed by atoms with van der Waals surface area (Å²) < 4.78 is 5.04. The van der Waals surface area contributed by atoms with Crippen molar-refractivity contribution in [1.29, 1.82) is 0 Å². The first-order valence-electron chi connectivity index (χ1n) is 4.15. The lowest BCUT2D eigenvalue weighted by Gasteiger charge is -2.12. The van der Waals surface area contributed by atoms with E-state index in [0.29, 0.717) is 11.5 Å². The Labute approximate surface area is 69.1 Å². The Hall–Kier alpha value is -0.480. The third-order valence-electron chi connectivity index (χ3n) is 1.48. The van der Waals surface area contributed by atoms with Crippen molar-refractivity contribution in [2.24, 2.45) is 5.41 Å². The van der Waals surface area contributed by atoms with Crippen LogP contribution in [0.3, 0.4) is 0 Å². The average Bonchev–Trinajstić information content (AvgIpc) is 2.60. The zero-order valence-electron chi connectivity index (χ0n) is 7.61. The minimum atomic E-state index is 0.345. The number of hydrogen-bond donors (Lipinski definition) is 0. The normalized spacial score (nSPS) is 22.3. The summed E-state index contributed by atoms with van der Waals surface area (Å²) in [5, 5.41) is 0. The monoisotopic (exact) mass is 152 g/mol. The largest absolute Gasteiger partial charge is 0.372 e. The molecular weight excluding hydrogens is 136 g/mol. The molecule has 0 aromatic heterocycles. The second-order valence-corrected chi connectivity index (χ2v) is 4.25. The SMILES string of the molecule is CC(C)(C)CC#CCC1CO1. The molecule has 1 fully saturated rings. The Kier molecular flexibility index (Phi) is 2.57. The molecule has 1 heteroatoms. The molecule has 11 heavy (non-hydrogen) atoms. The molecule has 1 aliphatic rings. The van der Waals surface area contributed by atoms with Gasteiger partial charge < -0.3 is 4.74 Å². The summed E-state index contributed by atoms with van der Waals surface area (Å²) in [5.41, 5.74) is 0.345. The second kappa shape index (κ2) is 3.28. The topological polar surface area (TPSA) is 12.5 Å². The van der Waals surface area contributed by atoms with Crippen molar-refractivity contribution >= 4 is 0 Å². The van der Waals surface area contributed by atoms with Gasteiger partial charge in [-0.3, -0.25) is 0 Å². The van der Waals surface area contributed by atoms with Crippen molar-refractivity contribution < 1.29 is 4.74 Å². The molecule has 0 aliphatic carbocycles. The molecular formula is C10H16O. The minimum Gasteiger partial charge on any atom is -0.372 e. The van der Waals surface area contributed by atoms with Gasteiger partial charge in [-0.25, -0.2) is 0 Å². The van der Waals surface area contributed by atoms with E-state index in [1.807, 2.05) is 0 Å². The lowest BCUT2D eigenvalue weighted by molar-refractivity contribution is 0.411. The van der Waals surface area contributed by atoms with E-state index in [1.54, 1.807) is 0 Å². The summed E-state index contributed by atoms with van der Waals surface area (Å²) in [4.78, 5) is 0. The predicted octanol–water partition coefficient (Wildman–Crippen LogP) is 2.21. The molecule has 1 atom stereocenters. The maximum absolute atomic E-state index is 5.04. The fraction of sp³-hybridized carbons (Fsp3) is 0.800. The van der Waals surface area contributed by atoms with Crippen LogP contribution in [0.2, 0.25) is 0 Å². The Balaban J connectivity index is 2.11. The van der Waals surface area contributed by atoms with E-state index in [4.69, 9.17) is 4.74 Å². The van der Waals surface area contributed by atoms with Crippen LogP contribution in [0.4, 0.5) is 0 Å². The minimum absolute atomic E-state index is 0.345. The first kappa shape index (κ1) is 8.62. The smallest absolute Gasteiger partial charge is 0.0918 e. The van der Waals surface area contributed by atoms with Crippen molar-refractivity contribution in [2.45, 2.75) is 39.7 Å². The van der Waals surface area contributed by atoms with Crippen LogP contribution in [0.25, 0.3) is 0 Å². The van der Waals surface area contributed by atoms with Crippen LogP contribution < -0.4 is 0 Å². The predicted molar refractivity (Wildman–Crippen MR) is 46.2 cm³/mol. The first-order chi connectivity index (χ1) is 5.08. The second-order valence-electron chi connectivity index (χ2n) is 4.25. The van der Waals surface area contributed by atoms with Gasteiger partial charge in [-0.2, -0.15) is 0 Å². The van der Waals surface area contributed by atoms with Gasteiger partial charge in [0.25, 0.3) is 0 Å². The van der Waals surface area contributed by atoms with Gasteiger partial charge in [0.15, 0.2) is 0 Å². The van der Waals surface area contributed by atoms with Gasteiger partial charge in [-0.05, 0) is 5.41 Å². The van der Waals surface area contributed by atoms with Crippen LogP contribution in [-0.2, 0) is 4.74 Å². The highest BCUT2D eigenvalue weighted by molar-refractivity contribution is 5.03. The van der Waals surface area contributed by atoms with Crippen molar-refractivity contribution in [3.8, 4) is 11.8 Å². The summed E-state index contributed by atoms with van der Waals surface area (Å²) >= 11 is 0. The van der Waals surface area contributed by atoms with Crippen molar-refractivity contribution in [1.82, 2.24) is 0 Å². The van der Waals surface area contributed by atoms with E-state index in [-0.39, 0.29) is 0 Å². The van der Waals surface area contributed by atoms with Crippen LogP contribution in [0.5, 0.6) is 0 Å². The standard InChI is InChI=1S/C10H16O/c1-10(2,3)7-5-4-6-9-8-11-9/h9H,6-8H2,1-3H3. The number of hydrogen-bond acceptors (Lipinski definition) is 1. The molecule has 1 nitrogen and oxygen atoms in total. The van der Waals surface area contributed by atoms with E-state index in [9.17, 15) is 0 Å². The lowest BCUT2D eigenvalue weighted by Crippen LogP contribution is -2.02. The third kappa shape index (κ3) is 4.86. The summed E-state index contributed by atoms with van der Waals surface area (Å²) in [5.74, 6) is 6.30. The van der Waals surface area contributed by atoms with E-state index >= 15 is 0 Å². The molecule has 0 aromatic carbocycles. The van der Waals surface area contributed by atoms with E-state index < -0.39 is 0 Å². The fourth-order valence-corrected chi connectivity index (χ4v) is 0.700. The van der Waals surface area contributed by atoms with Gasteiger partial charge in [-0.1, -0.05) is 20.8 Å². The maximum atomic E-state index is 5.04. The Morgan fingerprint density at radius 3 is 2.45 bits per heavy atom. The summed E-state index contributed by atoms with van der Waals surface area (Å²) in [6.45, 7) is 7.53. The molecule has 0 N–H and O–H groups in total. The molecule has 1 aliphatic heterocycles. The highest BCUT2D eigenvalue weighted by atomic mass is 16.6. The molecule has 0 bridgehead atoms. The van der Waals surface area contributed by atoms with Gasteiger partial charge in [0.1, 0.15) is 0 Å². The zero-order valence-corrected chi connectivity index (χ0v) is 7.61. The van der Waals surface area contributed by atoms with Gasteiger partial charge in [0.2, 0.25) is 0 Å². The molecule has 0 radical (unpaired) electrons. The summed E-state index contributed by atoms with van der Waals surface area (Å²) in [6.07, 6.45) is 2.37. The Morgan fingerprint density at radius 1 is 1.36 bits per heavy atom. The summed E-state index contributed by atoms with van der Waals surface area (Å²) in [6, 6.07) is 0. The Bertz CT molecular complexity index is 173. The average molecular weight is 152 g/mol. The van der Waals surface area contributed by atoms with Crippen LogP contribution in [-0.4, -0.2) is 12.7 Å². The molecule has 0 amide bonds. The van der Waals surface area contributed by atoms with Gasteiger partial charge in [0.05, 0.1) is 12.7 Å². The van der Waals surface area contributed by atoms with Crippen molar-refractivity contribution in [3.63, 3.8) is 0 Å². The van der Waals surface area contributed by atoms with Crippen LogP contribution in [0.15, 0.2) is 0 Å². The maximum Gasteiger partial charge on any atom is 0.0918 e. The molecule has 1 unspecified atom stereocenters.